The predicted molar refractivity (Wildman–Crippen MR) is 129 cm³/mol. The van der Waals surface area contributed by atoms with Gasteiger partial charge in [-0.25, -0.2) is 4.39 Å². The normalized spacial score (nSPS) is 13.7. The molecule has 3 aromatic rings. The lowest BCUT2D eigenvalue weighted by Crippen LogP contribution is -2.34. The summed E-state index contributed by atoms with van der Waals surface area (Å²) in [5.74, 6) is -1.18. The third-order valence-electron chi connectivity index (χ3n) is 6.04. The predicted octanol–water partition coefficient (Wildman–Crippen LogP) is 7.50. The molecule has 0 atom stereocenters. The monoisotopic (exact) mass is 524 g/mol. The Bertz CT molecular complexity index is 1220. The molecule has 1 saturated carbocycles. The molecule has 1 aliphatic rings. The number of benzene rings is 3. The summed E-state index contributed by atoms with van der Waals surface area (Å²) in [7, 11) is 0. The largest absolute Gasteiger partial charge is 0.416 e. The molecule has 3 nitrogen and oxygen atoms in total. The van der Waals surface area contributed by atoms with Crippen LogP contribution in [0.4, 0.5) is 23.2 Å². The number of carbonyl (C=O) groups excluding carboxylic acids is 1. The van der Waals surface area contributed by atoms with Crippen molar-refractivity contribution in [2.24, 2.45) is 0 Å². The van der Waals surface area contributed by atoms with Gasteiger partial charge in [0.1, 0.15) is 5.56 Å². The van der Waals surface area contributed by atoms with E-state index in [4.69, 9.17) is 28.9 Å². The minimum atomic E-state index is -4.48. The zero-order valence-corrected chi connectivity index (χ0v) is 20.0. The van der Waals surface area contributed by atoms with E-state index in [0.717, 1.165) is 36.6 Å². The van der Waals surface area contributed by atoms with Crippen LogP contribution in [0.25, 0.3) is 0 Å². The first-order valence-corrected chi connectivity index (χ1v) is 11.8. The smallest absolute Gasteiger partial charge is 0.397 e. The van der Waals surface area contributed by atoms with Crippen LogP contribution in [0.2, 0.25) is 10.0 Å². The van der Waals surface area contributed by atoms with Crippen molar-refractivity contribution in [2.45, 2.75) is 37.9 Å². The van der Waals surface area contributed by atoms with E-state index >= 15 is 0 Å². The third-order valence-corrected chi connectivity index (χ3v) is 6.62. The number of anilines is 1. The Morgan fingerprint density at radius 1 is 1.00 bits per heavy atom. The zero-order valence-electron chi connectivity index (χ0n) is 18.5. The fourth-order valence-corrected chi connectivity index (χ4v) is 4.39. The standard InChI is InChI=1S/C26H22Cl2F4N2O/c27-20-13-21(28)24(33)22(23(20)29)25(35)34(14-16-4-6-17(7-5-16)18-8-9-18)11-10-15-2-1-3-19(12-15)26(30,31)32/h1-7,12-13,18H,8-11,14,33H2. The van der Waals surface area contributed by atoms with Gasteiger partial charge in [0, 0.05) is 13.1 Å². The number of rotatable bonds is 7. The fraction of sp³-hybridized carbons (Fsp3) is 0.269. The quantitative estimate of drug-likeness (QED) is 0.197. The number of amides is 1. The second-order valence-electron chi connectivity index (χ2n) is 8.63. The van der Waals surface area contributed by atoms with Gasteiger partial charge >= 0.3 is 6.18 Å². The van der Waals surface area contributed by atoms with E-state index in [9.17, 15) is 22.4 Å². The van der Waals surface area contributed by atoms with E-state index in [0.29, 0.717) is 11.5 Å². The van der Waals surface area contributed by atoms with Crippen LogP contribution in [0.1, 0.15) is 51.4 Å². The lowest BCUT2D eigenvalue weighted by Gasteiger charge is -2.25. The molecule has 1 amide bonds. The summed E-state index contributed by atoms with van der Waals surface area (Å²) >= 11 is 11.9. The number of hydrogen-bond acceptors (Lipinski definition) is 2. The molecule has 0 spiro atoms. The molecule has 1 fully saturated rings. The highest BCUT2D eigenvalue weighted by Crippen LogP contribution is 2.40. The topological polar surface area (TPSA) is 46.3 Å². The average molecular weight is 525 g/mol. The van der Waals surface area contributed by atoms with Gasteiger partial charge in [0.15, 0.2) is 5.82 Å². The fourth-order valence-electron chi connectivity index (χ4n) is 3.93. The Balaban J connectivity index is 1.62. The summed E-state index contributed by atoms with van der Waals surface area (Å²) in [6.45, 7) is 0.124. The third kappa shape index (κ3) is 5.90. The molecular formula is C26H22Cl2F4N2O. The molecule has 0 radical (unpaired) electrons. The summed E-state index contributed by atoms with van der Waals surface area (Å²) < 4.78 is 54.2. The summed E-state index contributed by atoms with van der Waals surface area (Å²) in [6, 6.07) is 13.8. The first-order chi connectivity index (χ1) is 16.5. The number of nitrogens with two attached hydrogens (primary N) is 1. The number of nitrogens with zero attached hydrogens (tertiary/aromatic N) is 1. The van der Waals surface area contributed by atoms with Crippen molar-refractivity contribution >= 4 is 34.8 Å². The van der Waals surface area contributed by atoms with Crippen molar-refractivity contribution in [1.29, 1.82) is 0 Å². The number of hydrogen-bond donors (Lipinski definition) is 1. The zero-order chi connectivity index (χ0) is 25.3. The van der Waals surface area contributed by atoms with E-state index in [1.54, 1.807) is 6.07 Å². The summed E-state index contributed by atoms with van der Waals surface area (Å²) in [5, 5.41) is -0.412. The maximum Gasteiger partial charge on any atom is 0.416 e. The minimum absolute atomic E-state index is 0.0214. The summed E-state index contributed by atoms with van der Waals surface area (Å²) in [4.78, 5) is 14.8. The Morgan fingerprint density at radius 3 is 2.31 bits per heavy atom. The maximum atomic E-state index is 14.8. The molecule has 3 aromatic carbocycles. The second kappa shape index (κ2) is 10.1. The number of halogens is 6. The van der Waals surface area contributed by atoms with Gasteiger partial charge in [-0.3, -0.25) is 4.79 Å². The van der Waals surface area contributed by atoms with E-state index in [-0.39, 0.29) is 35.2 Å². The average Bonchev–Trinajstić information content (AvgIpc) is 3.66. The van der Waals surface area contributed by atoms with Gasteiger partial charge in [-0.1, -0.05) is 65.7 Å². The lowest BCUT2D eigenvalue weighted by atomic mass is 10.0. The van der Waals surface area contributed by atoms with Crippen molar-refractivity contribution in [2.75, 3.05) is 12.3 Å². The van der Waals surface area contributed by atoms with Crippen molar-refractivity contribution in [3.05, 3.63) is 98.3 Å². The first kappa shape index (κ1) is 25.3. The van der Waals surface area contributed by atoms with Crippen LogP contribution in [0.3, 0.4) is 0 Å². The van der Waals surface area contributed by atoms with Crippen molar-refractivity contribution in [3.63, 3.8) is 0 Å². The molecule has 0 aliphatic heterocycles. The molecule has 0 aromatic heterocycles. The van der Waals surface area contributed by atoms with Crippen LogP contribution in [-0.4, -0.2) is 17.4 Å². The van der Waals surface area contributed by atoms with Gasteiger partial charge in [-0.15, -0.1) is 0 Å². The van der Waals surface area contributed by atoms with Crippen molar-refractivity contribution < 1.29 is 22.4 Å². The molecule has 9 heteroatoms. The molecule has 2 N–H and O–H groups in total. The van der Waals surface area contributed by atoms with Crippen LogP contribution in [0, 0.1) is 5.82 Å². The van der Waals surface area contributed by atoms with E-state index in [2.05, 4.69) is 0 Å². The molecule has 184 valence electrons. The Kier molecular flexibility index (Phi) is 7.29. The Morgan fingerprint density at radius 2 is 1.69 bits per heavy atom. The van der Waals surface area contributed by atoms with Crippen molar-refractivity contribution in [3.8, 4) is 0 Å². The van der Waals surface area contributed by atoms with Crippen LogP contribution in [-0.2, 0) is 19.1 Å². The number of alkyl halides is 3. The molecule has 0 saturated heterocycles. The molecule has 0 heterocycles. The Labute approximate surface area is 210 Å². The van der Waals surface area contributed by atoms with Crippen LogP contribution >= 0.6 is 23.2 Å². The van der Waals surface area contributed by atoms with Gasteiger partial charge in [-0.2, -0.15) is 13.2 Å². The molecule has 35 heavy (non-hydrogen) atoms. The highest BCUT2D eigenvalue weighted by atomic mass is 35.5. The van der Waals surface area contributed by atoms with Gasteiger partial charge < -0.3 is 10.6 Å². The van der Waals surface area contributed by atoms with E-state index in [1.807, 2.05) is 24.3 Å². The molecule has 1 aliphatic carbocycles. The highest BCUT2D eigenvalue weighted by Gasteiger charge is 2.31. The molecular weight excluding hydrogens is 503 g/mol. The van der Waals surface area contributed by atoms with Crippen molar-refractivity contribution in [1.82, 2.24) is 4.90 Å². The molecule has 0 unspecified atom stereocenters. The first-order valence-electron chi connectivity index (χ1n) is 11.0. The highest BCUT2D eigenvalue weighted by molar-refractivity contribution is 6.37. The van der Waals surface area contributed by atoms with E-state index < -0.39 is 29.0 Å². The van der Waals surface area contributed by atoms with Crippen LogP contribution in [0.5, 0.6) is 0 Å². The summed E-state index contributed by atoms with van der Waals surface area (Å²) in [6.07, 6.45) is -2.07. The van der Waals surface area contributed by atoms with Gasteiger partial charge in [0.2, 0.25) is 0 Å². The number of nitrogen functional groups attached to an aromatic ring is 1. The molecule has 0 bridgehead atoms. The Hall–Kier alpha value is -2.77. The minimum Gasteiger partial charge on any atom is -0.397 e. The molecule has 4 rings (SSSR count). The van der Waals surface area contributed by atoms with Gasteiger partial charge in [0.05, 0.1) is 21.3 Å². The second-order valence-corrected chi connectivity index (χ2v) is 9.45. The number of carbonyl (C=O) groups is 1. The van der Waals surface area contributed by atoms with Gasteiger partial charge in [0.25, 0.3) is 5.91 Å². The lowest BCUT2D eigenvalue weighted by molar-refractivity contribution is -0.137. The summed E-state index contributed by atoms with van der Waals surface area (Å²) in [5.41, 5.74) is 6.83. The SMILES string of the molecule is Nc1c(Cl)cc(Cl)c(F)c1C(=O)N(CCc1cccc(C(F)(F)F)c1)Cc1ccc(C2CC2)cc1. The van der Waals surface area contributed by atoms with Crippen LogP contribution < -0.4 is 5.73 Å². The maximum absolute atomic E-state index is 14.8. The van der Waals surface area contributed by atoms with E-state index in [1.165, 1.54) is 16.5 Å². The van der Waals surface area contributed by atoms with Crippen LogP contribution in [0.15, 0.2) is 54.6 Å². The van der Waals surface area contributed by atoms with Gasteiger partial charge in [-0.05, 0) is 54.0 Å².